The monoisotopic (exact) mass is 224 g/mol. The first-order chi connectivity index (χ1) is 7.71. The van der Waals surface area contributed by atoms with E-state index in [1.165, 1.54) is 31.3 Å². The summed E-state index contributed by atoms with van der Waals surface area (Å²) in [7, 11) is 0. The lowest BCUT2D eigenvalue weighted by molar-refractivity contribution is 0.0245. The fourth-order valence-electron chi connectivity index (χ4n) is 2.89. The van der Waals surface area contributed by atoms with Crippen molar-refractivity contribution in [1.82, 2.24) is 0 Å². The Hall–Kier alpha value is -0.340. The van der Waals surface area contributed by atoms with Gasteiger partial charge in [0.2, 0.25) is 0 Å². The average molecular weight is 224 g/mol. The Kier molecular flexibility index (Phi) is 4.04. The third kappa shape index (κ3) is 2.67. The molecule has 2 heteroatoms. The molecule has 16 heavy (non-hydrogen) atoms. The molecule has 0 saturated carbocycles. The highest BCUT2D eigenvalue weighted by molar-refractivity contribution is 5.18. The molecule has 0 radical (unpaired) electrons. The van der Waals surface area contributed by atoms with Gasteiger partial charge in [0.25, 0.3) is 0 Å². The summed E-state index contributed by atoms with van der Waals surface area (Å²) < 4.78 is 5.40. The van der Waals surface area contributed by atoms with E-state index in [9.17, 15) is 5.11 Å². The summed E-state index contributed by atoms with van der Waals surface area (Å²) in [4.78, 5) is 0. The molecular formula is C14H24O2. The zero-order chi connectivity index (χ0) is 11.4. The summed E-state index contributed by atoms with van der Waals surface area (Å²) in [5.74, 6) is 0.304. The van der Waals surface area contributed by atoms with Gasteiger partial charge in [0.15, 0.2) is 0 Å². The molecule has 0 aromatic heterocycles. The minimum atomic E-state index is -0.631. The molecule has 1 aliphatic carbocycles. The van der Waals surface area contributed by atoms with Crippen molar-refractivity contribution in [3.8, 4) is 0 Å². The van der Waals surface area contributed by atoms with Crippen LogP contribution in [0.1, 0.15) is 51.9 Å². The van der Waals surface area contributed by atoms with Gasteiger partial charge in [0.05, 0.1) is 12.2 Å². The Morgan fingerprint density at radius 2 is 2.12 bits per heavy atom. The summed E-state index contributed by atoms with van der Waals surface area (Å²) >= 11 is 0. The van der Waals surface area contributed by atoms with Gasteiger partial charge in [-0.05, 0) is 44.6 Å². The molecule has 0 aromatic rings. The molecular weight excluding hydrogens is 200 g/mol. The van der Waals surface area contributed by atoms with E-state index in [0.29, 0.717) is 5.92 Å². The molecule has 1 saturated heterocycles. The third-order valence-corrected chi connectivity index (χ3v) is 4.17. The number of hydrogen-bond donors (Lipinski definition) is 1. The Labute approximate surface area is 98.7 Å². The van der Waals surface area contributed by atoms with Crippen LogP contribution in [0, 0.1) is 5.92 Å². The van der Waals surface area contributed by atoms with Crippen molar-refractivity contribution >= 4 is 0 Å². The van der Waals surface area contributed by atoms with E-state index in [0.717, 1.165) is 32.5 Å². The molecule has 0 bridgehead atoms. The second-order valence-electron chi connectivity index (χ2n) is 5.39. The minimum Gasteiger partial charge on any atom is -0.385 e. The zero-order valence-corrected chi connectivity index (χ0v) is 10.4. The molecule has 2 atom stereocenters. The maximum absolute atomic E-state index is 10.7. The number of aliphatic hydroxyl groups is 1. The van der Waals surface area contributed by atoms with E-state index in [1.807, 2.05) is 6.92 Å². The van der Waals surface area contributed by atoms with Crippen LogP contribution in [-0.2, 0) is 4.74 Å². The molecule has 1 N–H and O–H groups in total. The van der Waals surface area contributed by atoms with E-state index in [2.05, 4.69) is 6.08 Å². The maximum Gasteiger partial charge on any atom is 0.0879 e. The predicted octanol–water partition coefficient (Wildman–Crippen LogP) is 3.05. The first-order valence-corrected chi connectivity index (χ1v) is 6.71. The fourth-order valence-corrected chi connectivity index (χ4v) is 2.89. The Balaban J connectivity index is 2.06. The lowest BCUT2D eigenvalue weighted by Gasteiger charge is -2.33. The third-order valence-electron chi connectivity index (χ3n) is 4.17. The van der Waals surface area contributed by atoms with Crippen molar-refractivity contribution in [3.63, 3.8) is 0 Å². The summed E-state index contributed by atoms with van der Waals surface area (Å²) in [6.07, 6.45) is 10.7. The van der Waals surface area contributed by atoms with Gasteiger partial charge in [-0.15, -0.1) is 0 Å². The number of hydrogen-bond acceptors (Lipinski definition) is 2. The van der Waals surface area contributed by atoms with Gasteiger partial charge in [-0.25, -0.2) is 0 Å². The molecule has 0 spiro atoms. The van der Waals surface area contributed by atoms with Crippen LogP contribution >= 0.6 is 0 Å². The van der Waals surface area contributed by atoms with Crippen LogP contribution < -0.4 is 0 Å². The van der Waals surface area contributed by atoms with Gasteiger partial charge < -0.3 is 9.84 Å². The highest BCUT2D eigenvalue weighted by Crippen LogP contribution is 2.35. The summed E-state index contributed by atoms with van der Waals surface area (Å²) in [6.45, 7) is 3.53. The Morgan fingerprint density at radius 1 is 1.31 bits per heavy atom. The zero-order valence-electron chi connectivity index (χ0n) is 10.4. The molecule has 2 nitrogen and oxygen atoms in total. The fraction of sp³-hybridized carbons (Fsp3) is 0.857. The van der Waals surface area contributed by atoms with Crippen molar-refractivity contribution in [2.75, 3.05) is 13.2 Å². The summed E-state index contributed by atoms with van der Waals surface area (Å²) in [6, 6.07) is 0. The molecule has 2 unspecified atom stereocenters. The van der Waals surface area contributed by atoms with Crippen molar-refractivity contribution in [2.24, 2.45) is 5.92 Å². The molecule has 2 rings (SSSR count). The topological polar surface area (TPSA) is 29.5 Å². The van der Waals surface area contributed by atoms with E-state index in [-0.39, 0.29) is 0 Å². The lowest BCUT2D eigenvalue weighted by atomic mass is 9.78. The molecule has 1 heterocycles. The van der Waals surface area contributed by atoms with Gasteiger partial charge >= 0.3 is 0 Å². The Bertz CT molecular complexity index is 249. The van der Waals surface area contributed by atoms with E-state index in [4.69, 9.17) is 4.74 Å². The van der Waals surface area contributed by atoms with Crippen molar-refractivity contribution in [2.45, 2.75) is 57.5 Å². The summed E-state index contributed by atoms with van der Waals surface area (Å²) in [5.41, 5.74) is 0.635. The standard InChI is InChI=1S/C14H24O2/c1-14(15,13-9-10-16-11-13)12-7-5-3-2-4-6-8-12/h7,13,15H,2-6,8-11H2,1H3. The van der Waals surface area contributed by atoms with Crippen molar-refractivity contribution in [3.05, 3.63) is 11.6 Å². The quantitative estimate of drug-likeness (QED) is 0.730. The first-order valence-electron chi connectivity index (χ1n) is 6.71. The van der Waals surface area contributed by atoms with Crippen molar-refractivity contribution < 1.29 is 9.84 Å². The van der Waals surface area contributed by atoms with Gasteiger partial charge in [-0.2, -0.15) is 0 Å². The van der Waals surface area contributed by atoms with E-state index in [1.54, 1.807) is 0 Å². The Morgan fingerprint density at radius 3 is 2.88 bits per heavy atom. The van der Waals surface area contributed by atoms with Crippen LogP contribution in [0.3, 0.4) is 0 Å². The minimum absolute atomic E-state index is 0.304. The van der Waals surface area contributed by atoms with Crippen LogP contribution in [-0.4, -0.2) is 23.9 Å². The average Bonchev–Trinajstić information content (AvgIpc) is 2.68. The van der Waals surface area contributed by atoms with Crippen LogP contribution in [0.2, 0.25) is 0 Å². The van der Waals surface area contributed by atoms with Gasteiger partial charge in [-0.3, -0.25) is 0 Å². The lowest BCUT2D eigenvalue weighted by Crippen LogP contribution is -2.37. The largest absolute Gasteiger partial charge is 0.385 e. The molecule has 1 fully saturated rings. The molecule has 92 valence electrons. The molecule has 1 aliphatic heterocycles. The van der Waals surface area contributed by atoms with Crippen LogP contribution in [0.5, 0.6) is 0 Å². The van der Waals surface area contributed by atoms with Gasteiger partial charge in [-0.1, -0.05) is 18.9 Å². The highest BCUT2D eigenvalue weighted by Gasteiger charge is 2.37. The molecule has 2 aliphatic rings. The SMILES string of the molecule is CC(O)(C1=CCCCCCC1)C1CCOC1. The second kappa shape index (κ2) is 5.33. The predicted molar refractivity (Wildman–Crippen MR) is 65.3 cm³/mol. The van der Waals surface area contributed by atoms with E-state index < -0.39 is 5.60 Å². The second-order valence-corrected chi connectivity index (χ2v) is 5.39. The number of allylic oxidation sites excluding steroid dienone is 1. The van der Waals surface area contributed by atoms with Crippen LogP contribution in [0.15, 0.2) is 11.6 Å². The normalized spacial score (nSPS) is 31.4. The molecule has 0 aromatic carbocycles. The highest BCUT2D eigenvalue weighted by atomic mass is 16.5. The molecule has 0 amide bonds. The van der Waals surface area contributed by atoms with Crippen LogP contribution in [0.25, 0.3) is 0 Å². The summed E-state index contributed by atoms with van der Waals surface area (Å²) in [5, 5.41) is 10.7. The van der Waals surface area contributed by atoms with Crippen LogP contribution in [0.4, 0.5) is 0 Å². The van der Waals surface area contributed by atoms with Gasteiger partial charge in [0, 0.05) is 12.5 Å². The smallest absolute Gasteiger partial charge is 0.0879 e. The number of rotatable bonds is 2. The van der Waals surface area contributed by atoms with E-state index >= 15 is 0 Å². The van der Waals surface area contributed by atoms with Gasteiger partial charge in [0.1, 0.15) is 0 Å². The number of ether oxygens (including phenoxy) is 1. The first kappa shape index (κ1) is 12.1. The van der Waals surface area contributed by atoms with Crippen molar-refractivity contribution in [1.29, 1.82) is 0 Å². The maximum atomic E-state index is 10.7.